The van der Waals surface area contributed by atoms with E-state index in [2.05, 4.69) is 20.3 Å². The summed E-state index contributed by atoms with van der Waals surface area (Å²) >= 11 is 0. The van der Waals surface area contributed by atoms with Crippen molar-refractivity contribution in [3.05, 3.63) is 113 Å². The summed E-state index contributed by atoms with van der Waals surface area (Å²) < 4.78 is 1.55. The van der Waals surface area contributed by atoms with Crippen molar-refractivity contribution in [1.29, 1.82) is 0 Å². The van der Waals surface area contributed by atoms with Crippen molar-refractivity contribution in [1.82, 2.24) is 19.5 Å². The molecule has 5 aromatic rings. The standard InChI is InChI=1S/C28H21N5O3/c1-18(34)27(35)32-23-11-3-2-10-22(23)20-8-4-9-21(16-20)33-26-24(12-6-14-30-26)31-25(28(33)36)15-19-7-5-13-29-17-19/h2-14,16-17H,15H2,1H3,(H,32,35). The van der Waals surface area contributed by atoms with Crippen LogP contribution in [0.3, 0.4) is 0 Å². The van der Waals surface area contributed by atoms with Gasteiger partial charge in [0.2, 0.25) is 5.78 Å². The maximum absolute atomic E-state index is 13.7. The first-order chi connectivity index (χ1) is 17.5. The largest absolute Gasteiger partial charge is 0.319 e. The van der Waals surface area contributed by atoms with Crippen molar-refractivity contribution in [3.63, 3.8) is 0 Å². The second kappa shape index (κ2) is 9.71. The first-order valence-corrected chi connectivity index (χ1v) is 11.3. The summed E-state index contributed by atoms with van der Waals surface area (Å²) in [4.78, 5) is 50.4. The number of anilines is 1. The number of aromatic nitrogens is 4. The number of pyridine rings is 2. The van der Waals surface area contributed by atoms with Gasteiger partial charge in [0, 0.05) is 43.2 Å². The van der Waals surface area contributed by atoms with Gasteiger partial charge in [-0.15, -0.1) is 0 Å². The van der Waals surface area contributed by atoms with Gasteiger partial charge < -0.3 is 5.32 Å². The average Bonchev–Trinajstić information content (AvgIpc) is 2.90. The molecule has 0 radical (unpaired) electrons. The number of carbonyl (C=O) groups excluding carboxylic acids is 2. The molecular weight excluding hydrogens is 454 g/mol. The van der Waals surface area contributed by atoms with Crippen LogP contribution >= 0.6 is 0 Å². The number of rotatable bonds is 6. The van der Waals surface area contributed by atoms with Crippen molar-refractivity contribution in [2.45, 2.75) is 13.3 Å². The van der Waals surface area contributed by atoms with Gasteiger partial charge in [-0.1, -0.05) is 36.4 Å². The molecule has 0 saturated carbocycles. The third-order valence-corrected chi connectivity index (χ3v) is 5.69. The van der Waals surface area contributed by atoms with Crippen LogP contribution in [0.15, 0.2) is 96.2 Å². The van der Waals surface area contributed by atoms with Crippen molar-refractivity contribution < 1.29 is 9.59 Å². The fraction of sp³-hybridized carbons (Fsp3) is 0.0714. The molecular formula is C28H21N5O3. The van der Waals surface area contributed by atoms with Gasteiger partial charge in [-0.25, -0.2) is 9.97 Å². The molecule has 1 N–H and O–H groups in total. The van der Waals surface area contributed by atoms with Crippen LogP contribution in [0, 0.1) is 0 Å². The summed E-state index contributed by atoms with van der Waals surface area (Å²) in [7, 11) is 0. The predicted molar refractivity (Wildman–Crippen MR) is 137 cm³/mol. The number of benzene rings is 2. The molecule has 3 heterocycles. The first-order valence-electron chi connectivity index (χ1n) is 11.3. The van der Waals surface area contributed by atoms with E-state index in [1.54, 1.807) is 41.4 Å². The van der Waals surface area contributed by atoms with E-state index in [0.717, 1.165) is 11.1 Å². The Balaban J connectivity index is 1.65. The molecule has 0 fully saturated rings. The molecule has 5 rings (SSSR count). The Morgan fingerprint density at radius 1 is 0.944 bits per heavy atom. The molecule has 0 aliphatic carbocycles. The Bertz CT molecular complexity index is 1660. The van der Waals surface area contributed by atoms with E-state index >= 15 is 0 Å². The lowest BCUT2D eigenvalue weighted by molar-refractivity contribution is -0.133. The predicted octanol–water partition coefficient (Wildman–Crippen LogP) is 3.96. The molecule has 176 valence electrons. The molecule has 0 spiro atoms. The van der Waals surface area contributed by atoms with Gasteiger partial charge in [0.15, 0.2) is 5.65 Å². The number of amides is 1. The number of para-hydroxylation sites is 1. The van der Waals surface area contributed by atoms with Gasteiger partial charge in [0.1, 0.15) is 11.2 Å². The molecule has 36 heavy (non-hydrogen) atoms. The summed E-state index contributed by atoms with van der Waals surface area (Å²) in [6.45, 7) is 1.22. The smallest absolute Gasteiger partial charge is 0.291 e. The van der Waals surface area contributed by atoms with Gasteiger partial charge in [0.25, 0.3) is 11.5 Å². The van der Waals surface area contributed by atoms with Crippen molar-refractivity contribution >= 4 is 28.5 Å². The molecule has 0 atom stereocenters. The SMILES string of the molecule is CC(=O)C(=O)Nc1ccccc1-c1cccc(-n2c(=O)c(Cc3cccnc3)nc3cccnc32)c1. The van der Waals surface area contributed by atoms with Gasteiger partial charge >= 0.3 is 0 Å². The molecule has 0 aliphatic rings. The van der Waals surface area contributed by atoms with E-state index in [4.69, 9.17) is 0 Å². The number of fused-ring (bicyclic) bond motifs is 1. The Morgan fingerprint density at radius 3 is 2.58 bits per heavy atom. The van der Waals surface area contributed by atoms with Crippen LogP contribution in [0.4, 0.5) is 5.69 Å². The van der Waals surface area contributed by atoms with E-state index in [0.29, 0.717) is 40.2 Å². The number of hydrogen-bond donors (Lipinski definition) is 1. The third kappa shape index (κ3) is 4.52. The Labute approximate surface area is 206 Å². The Kier molecular flexibility index (Phi) is 6.15. The zero-order chi connectivity index (χ0) is 25.1. The first kappa shape index (κ1) is 22.8. The second-order valence-corrected chi connectivity index (χ2v) is 8.19. The third-order valence-electron chi connectivity index (χ3n) is 5.69. The monoisotopic (exact) mass is 475 g/mol. The van der Waals surface area contributed by atoms with Gasteiger partial charge in [-0.3, -0.25) is 23.9 Å². The van der Waals surface area contributed by atoms with E-state index in [-0.39, 0.29) is 5.56 Å². The summed E-state index contributed by atoms with van der Waals surface area (Å²) in [5.74, 6) is -1.28. The van der Waals surface area contributed by atoms with Gasteiger partial charge in [0.05, 0.1) is 5.69 Å². The van der Waals surface area contributed by atoms with Crippen LogP contribution in [0.1, 0.15) is 18.2 Å². The van der Waals surface area contributed by atoms with E-state index in [9.17, 15) is 14.4 Å². The summed E-state index contributed by atoms with van der Waals surface area (Å²) in [6.07, 6.45) is 5.35. The number of nitrogens with one attached hydrogen (secondary N) is 1. The van der Waals surface area contributed by atoms with Crippen LogP contribution in [-0.2, 0) is 16.0 Å². The molecule has 2 aromatic carbocycles. The zero-order valence-electron chi connectivity index (χ0n) is 19.4. The van der Waals surface area contributed by atoms with Crippen LogP contribution in [0.2, 0.25) is 0 Å². The minimum absolute atomic E-state index is 0.277. The number of hydrogen-bond acceptors (Lipinski definition) is 6. The topological polar surface area (TPSA) is 107 Å². The molecule has 8 heteroatoms. The highest BCUT2D eigenvalue weighted by Crippen LogP contribution is 2.29. The van der Waals surface area contributed by atoms with Gasteiger partial charge in [-0.05, 0) is 47.5 Å². The van der Waals surface area contributed by atoms with Gasteiger partial charge in [-0.2, -0.15) is 0 Å². The van der Waals surface area contributed by atoms with E-state index < -0.39 is 11.7 Å². The molecule has 0 aliphatic heterocycles. The molecule has 0 saturated heterocycles. The van der Waals surface area contributed by atoms with Crippen LogP contribution < -0.4 is 10.9 Å². The fourth-order valence-electron chi connectivity index (χ4n) is 3.98. The molecule has 0 bridgehead atoms. The van der Waals surface area contributed by atoms with E-state index in [1.165, 1.54) is 6.92 Å². The highest BCUT2D eigenvalue weighted by Gasteiger charge is 2.16. The van der Waals surface area contributed by atoms with Crippen molar-refractivity contribution in [2.75, 3.05) is 5.32 Å². The zero-order valence-corrected chi connectivity index (χ0v) is 19.4. The number of Topliss-reactive ketones (excluding diaryl/α,β-unsaturated/α-hetero) is 1. The minimum Gasteiger partial charge on any atom is -0.319 e. The fourth-order valence-corrected chi connectivity index (χ4v) is 3.98. The average molecular weight is 476 g/mol. The Morgan fingerprint density at radius 2 is 1.78 bits per heavy atom. The minimum atomic E-state index is -0.695. The molecule has 0 unspecified atom stereocenters. The molecule has 8 nitrogen and oxygen atoms in total. The summed E-state index contributed by atoms with van der Waals surface area (Å²) in [5.41, 5.74) is 4.57. The van der Waals surface area contributed by atoms with Crippen LogP contribution in [0.5, 0.6) is 0 Å². The normalized spacial score (nSPS) is 10.8. The maximum atomic E-state index is 13.7. The van der Waals surface area contributed by atoms with Crippen molar-refractivity contribution in [3.8, 4) is 16.8 Å². The summed E-state index contributed by atoms with van der Waals surface area (Å²) in [5, 5.41) is 2.66. The highest BCUT2D eigenvalue weighted by molar-refractivity contribution is 6.40. The lowest BCUT2D eigenvalue weighted by atomic mass is 10.0. The highest BCUT2D eigenvalue weighted by atomic mass is 16.2. The number of ketones is 1. The quantitative estimate of drug-likeness (QED) is 0.373. The van der Waals surface area contributed by atoms with E-state index in [1.807, 2.05) is 54.6 Å². The van der Waals surface area contributed by atoms with Crippen molar-refractivity contribution in [2.24, 2.45) is 0 Å². The summed E-state index contributed by atoms with van der Waals surface area (Å²) in [6, 6.07) is 21.9. The molecule has 1 amide bonds. The number of nitrogens with zero attached hydrogens (tertiary/aromatic N) is 4. The lowest BCUT2D eigenvalue weighted by Gasteiger charge is -2.14. The number of carbonyl (C=O) groups is 2. The van der Waals surface area contributed by atoms with Crippen LogP contribution in [0.25, 0.3) is 28.0 Å². The Hall–Kier alpha value is -4.98. The maximum Gasteiger partial charge on any atom is 0.291 e. The van der Waals surface area contributed by atoms with Crippen LogP contribution in [-0.4, -0.2) is 31.2 Å². The second-order valence-electron chi connectivity index (χ2n) is 8.19. The lowest BCUT2D eigenvalue weighted by Crippen LogP contribution is -2.25. The molecule has 3 aromatic heterocycles.